The van der Waals surface area contributed by atoms with E-state index in [4.69, 9.17) is 4.74 Å². The number of nitrogens with zero attached hydrogens (tertiary/aromatic N) is 4. The number of ether oxygens (including phenoxy) is 1. The molecule has 0 spiro atoms. The fraction of sp³-hybridized carbons (Fsp3) is 0.273. The number of benzene rings is 2. The van der Waals surface area contributed by atoms with Crippen LogP contribution in [0.2, 0.25) is 0 Å². The Morgan fingerprint density at radius 2 is 1.59 bits per heavy atom. The first-order chi connectivity index (χ1) is 14.1. The molecule has 2 heterocycles. The molecule has 4 rings (SSSR count). The van der Waals surface area contributed by atoms with Gasteiger partial charge in [0.15, 0.2) is 0 Å². The second-order valence-corrected chi connectivity index (χ2v) is 6.91. The number of imidazole rings is 1. The molecule has 0 saturated carbocycles. The largest absolute Gasteiger partial charge is 0.458 e. The molecule has 4 aromatic rings. The van der Waals surface area contributed by atoms with Crippen molar-refractivity contribution >= 4 is 28.0 Å². The standard InChI is InChI=1S/C22H22N4O3/c1-3-12-25-19-10-6-7-11-20(19)26(22(25)28)13-21(27)29-14-18-15(2)23-16-8-4-5-9-17(16)24-18/h4-11H,3,12-14H2,1-2H3. The molecule has 29 heavy (non-hydrogen) atoms. The summed E-state index contributed by atoms with van der Waals surface area (Å²) in [7, 11) is 0. The quantitative estimate of drug-likeness (QED) is 0.473. The summed E-state index contributed by atoms with van der Waals surface area (Å²) >= 11 is 0. The maximum Gasteiger partial charge on any atom is 0.329 e. The number of aryl methyl sites for hydroxylation is 2. The van der Waals surface area contributed by atoms with Gasteiger partial charge in [0.05, 0.1) is 33.5 Å². The van der Waals surface area contributed by atoms with Gasteiger partial charge in [0.25, 0.3) is 0 Å². The summed E-state index contributed by atoms with van der Waals surface area (Å²) in [6.07, 6.45) is 0.832. The van der Waals surface area contributed by atoms with Gasteiger partial charge in [-0.1, -0.05) is 31.2 Å². The monoisotopic (exact) mass is 390 g/mol. The van der Waals surface area contributed by atoms with Crippen LogP contribution in [-0.2, 0) is 29.2 Å². The summed E-state index contributed by atoms with van der Waals surface area (Å²) in [6.45, 7) is 4.33. The molecule has 0 N–H and O–H groups in total. The zero-order valence-corrected chi connectivity index (χ0v) is 16.5. The van der Waals surface area contributed by atoms with Crippen LogP contribution < -0.4 is 5.69 Å². The van der Waals surface area contributed by atoms with Crippen LogP contribution in [0.15, 0.2) is 53.3 Å². The smallest absolute Gasteiger partial charge is 0.329 e. The number of rotatable bonds is 6. The lowest BCUT2D eigenvalue weighted by atomic mass is 10.2. The highest BCUT2D eigenvalue weighted by Gasteiger charge is 2.16. The molecule has 0 saturated heterocycles. The van der Waals surface area contributed by atoms with Crippen molar-refractivity contribution in [2.45, 2.75) is 40.0 Å². The molecule has 0 radical (unpaired) electrons. The Labute approximate surface area is 167 Å². The van der Waals surface area contributed by atoms with Crippen LogP contribution in [0.25, 0.3) is 22.1 Å². The Morgan fingerprint density at radius 3 is 2.28 bits per heavy atom. The van der Waals surface area contributed by atoms with Crippen molar-refractivity contribution in [1.29, 1.82) is 0 Å². The van der Waals surface area contributed by atoms with Crippen LogP contribution in [-0.4, -0.2) is 25.1 Å². The van der Waals surface area contributed by atoms with Crippen molar-refractivity contribution in [1.82, 2.24) is 19.1 Å². The summed E-state index contributed by atoms with van der Waals surface area (Å²) in [6, 6.07) is 15.0. The van der Waals surface area contributed by atoms with Gasteiger partial charge in [0, 0.05) is 6.54 Å². The summed E-state index contributed by atoms with van der Waals surface area (Å²) in [5.41, 5.74) is 4.23. The molecule has 0 amide bonds. The van der Waals surface area contributed by atoms with Crippen molar-refractivity contribution in [3.05, 3.63) is 70.4 Å². The topological polar surface area (TPSA) is 79.0 Å². The zero-order chi connectivity index (χ0) is 20.4. The van der Waals surface area contributed by atoms with Crippen molar-refractivity contribution in [3.63, 3.8) is 0 Å². The molecule has 0 bridgehead atoms. The van der Waals surface area contributed by atoms with Crippen molar-refractivity contribution in [3.8, 4) is 0 Å². The number of para-hydroxylation sites is 4. The van der Waals surface area contributed by atoms with E-state index in [2.05, 4.69) is 9.97 Å². The first-order valence-corrected chi connectivity index (χ1v) is 9.64. The molecule has 2 aromatic heterocycles. The average Bonchev–Trinajstić information content (AvgIpc) is 2.98. The molecule has 7 heteroatoms. The molecule has 148 valence electrons. The number of fused-ring (bicyclic) bond motifs is 2. The van der Waals surface area contributed by atoms with Gasteiger partial charge in [0.1, 0.15) is 13.2 Å². The molecule has 0 atom stereocenters. The number of aromatic nitrogens is 4. The van der Waals surface area contributed by atoms with E-state index < -0.39 is 5.97 Å². The first kappa shape index (κ1) is 18.9. The Morgan fingerprint density at radius 1 is 0.966 bits per heavy atom. The van der Waals surface area contributed by atoms with Crippen LogP contribution in [0, 0.1) is 6.92 Å². The Balaban J connectivity index is 1.54. The lowest BCUT2D eigenvalue weighted by Crippen LogP contribution is -2.27. The molecular weight excluding hydrogens is 368 g/mol. The van der Waals surface area contributed by atoms with Crippen LogP contribution in [0.4, 0.5) is 0 Å². The molecule has 0 aliphatic carbocycles. The maximum atomic E-state index is 12.8. The first-order valence-electron chi connectivity index (χ1n) is 9.64. The normalized spacial score (nSPS) is 11.2. The van der Waals surface area contributed by atoms with Gasteiger partial charge in [0.2, 0.25) is 0 Å². The average molecular weight is 390 g/mol. The third kappa shape index (κ3) is 3.63. The Bertz CT molecular complexity index is 1260. The van der Waals surface area contributed by atoms with Gasteiger partial charge in [-0.05, 0) is 37.6 Å². The van der Waals surface area contributed by atoms with Crippen molar-refractivity contribution in [2.24, 2.45) is 0 Å². The van der Waals surface area contributed by atoms with Crippen LogP contribution >= 0.6 is 0 Å². The molecule has 0 aliphatic rings. The number of carbonyl (C=O) groups excluding carboxylic acids is 1. The van der Waals surface area contributed by atoms with E-state index in [1.54, 1.807) is 4.57 Å². The minimum Gasteiger partial charge on any atom is -0.458 e. The molecule has 2 aromatic carbocycles. The molecule has 7 nitrogen and oxygen atoms in total. The second-order valence-electron chi connectivity index (χ2n) is 6.91. The van der Waals surface area contributed by atoms with E-state index in [1.807, 2.05) is 62.4 Å². The van der Waals surface area contributed by atoms with Crippen molar-refractivity contribution < 1.29 is 9.53 Å². The molecule has 0 aliphatic heterocycles. The van der Waals surface area contributed by atoms with Crippen molar-refractivity contribution in [2.75, 3.05) is 0 Å². The SMILES string of the molecule is CCCn1c(=O)n(CC(=O)OCc2nc3ccccc3nc2C)c2ccccc21. The summed E-state index contributed by atoms with van der Waals surface area (Å²) in [5.74, 6) is -0.485. The zero-order valence-electron chi connectivity index (χ0n) is 16.5. The summed E-state index contributed by atoms with van der Waals surface area (Å²) in [4.78, 5) is 34.3. The minimum absolute atomic E-state index is 0.0187. The van der Waals surface area contributed by atoms with E-state index in [0.29, 0.717) is 17.9 Å². The van der Waals surface area contributed by atoms with E-state index in [-0.39, 0.29) is 18.8 Å². The van der Waals surface area contributed by atoms with E-state index in [0.717, 1.165) is 28.5 Å². The highest BCUT2D eigenvalue weighted by atomic mass is 16.5. The lowest BCUT2D eigenvalue weighted by molar-refractivity contribution is -0.145. The third-order valence-corrected chi connectivity index (χ3v) is 4.87. The van der Waals surface area contributed by atoms with Gasteiger partial charge in [-0.2, -0.15) is 0 Å². The number of hydrogen-bond acceptors (Lipinski definition) is 5. The number of hydrogen-bond donors (Lipinski definition) is 0. The molecule has 0 unspecified atom stereocenters. The summed E-state index contributed by atoms with van der Waals surface area (Å²) in [5, 5.41) is 0. The fourth-order valence-electron chi connectivity index (χ4n) is 3.45. The minimum atomic E-state index is -0.485. The van der Waals surface area contributed by atoms with Gasteiger partial charge >= 0.3 is 11.7 Å². The highest BCUT2D eigenvalue weighted by molar-refractivity contribution is 5.79. The Hall–Kier alpha value is -3.48. The van der Waals surface area contributed by atoms with Gasteiger partial charge in [-0.3, -0.25) is 13.9 Å². The third-order valence-electron chi connectivity index (χ3n) is 4.87. The van der Waals surface area contributed by atoms with Gasteiger partial charge in [-0.15, -0.1) is 0 Å². The molecule has 0 fully saturated rings. The van der Waals surface area contributed by atoms with Crippen LogP contribution in [0.5, 0.6) is 0 Å². The Kier molecular flexibility index (Phi) is 5.12. The summed E-state index contributed by atoms with van der Waals surface area (Å²) < 4.78 is 8.59. The van der Waals surface area contributed by atoms with E-state index >= 15 is 0 Å². The predicted molar refractivity (Wildman–Crippen MR) is 111 cm³/mol. The van der Waals surface area contributed by atoms with E-state index in [1.165, 1.54) is 4.57 Å². The van der Waals surface area contributed by atoms with Crippen LogP contribution in [0.3, 0.4) is 0 Å². The second kappa shape index (κ2) is 7.87. The maximum absolute atomic E-state index is 12.8. The molecular formula is C22H22N4O3. The van der Waals surface area contributed by atoms with Crippen LogP contribution in [0.1, 0.15) is 24.7 Å². The number of carbonyl (C=O) groups is 1. The lowest BCUT2D eigenvalue weighted by Gasteiger charge is -2.08. The van der Waals surface area contributed by atoms with Gasteiger partial charge < -0.3 is 4.74 Å². The highest BCUT2D eigenvalue weighted by Crippen LogP contribution is 2.15. The fourth-order valence-corrected chi connectivity index (χ4v) is 3.45. The number of esters is 1. The van der Waals surface area contributed by atoms with Gasteiger partial charge in [-0.25, -0.2) is 14.8 Å². The van der Waals surface area contributed by atoms with E-state index in [9.17, 15) is 9.59 Å². The predicted octanol–water partition coefficient (Wildman–Crippen LogP) is 3.21.